The molecule has 0 spiro atoms. The Morgan fingerprint density at radius 1 is 1.90 bits per heavy atom. The van der Waals surface area contributed by atoms with Crippen LogP contribution in [-0.4, -0.2) is 14.3 Å². The molecular weight excluding hydrogens is 192 g/mol. The van der Waals surface area contributed by atoms with Crippen molar-refractivity contribution >= 4 is 35.5 Å². The first-order valence-corrected chi connectivity index (χ1v) is 4.17. The summed E-state index contributed by atoms with van der Waals surface area (Å²) in [7, 11) is 0. The lowest BCUT2D eigenvalue weighted by Crippen LogP contribution is -2.02. The molecule has 1 aromatic heterocycles. The van der Waals surface area contributed by atoms with Crippen LogP contribution in [-0.2, 0) is 0 Å². The third-order valence-corrected chi connectivity index (χ3v) is 1.78. The number of aromatic nitrogens is 2. The Hall–Kier alpha value is -0.130. The number of hydrogen-bond donors (Lipinski definition) is 1. The number of hydrogen-bond acceptors (Lipinski definition) is 4. The van der Waals surface area contributed by atoms with Gasteiger partial charge in [0.25, 0.3) is 5.88 Å². The molecule has 0 saturated carbocycles. The highest BCUT2D eigenvalue weighted by atomic mass is 35.5. The zero-order chi connectivity index (χ0) is 7.56. The first kappa shape index (κ1) is 7.97. The Balaban J connectivity index is 2.75. The molecule has 1 atom stereocenters. The van der Waals surface area contributed by atoms with E-state index in [2.05, 4.69) is 8.75 Å². The second kappa shape index (κ2) is 3.32. The van der Waals surface area contributed by atoms with Gasteiger partial charge in [0.2, 0.25) is 0 Å². The summed E-state index contributed by atoms with van der Waals surface area (Å²) in [4.78, 5) is 0. The van der Waals surface area contributed by atoms with Crippen molar-refractivity contribution in [2.45, 2.75) is 12.5 Å². The second-order valence-corrected chi connectivity index (χ2v) is 3.17. The molecule has 3 nitrogen and oxygen atoms in total. The number of alkyl halides is 1. The minimum atomic E-state index is -0.391. The van der Waals surface area contributed by atoms with E-state index < -0.39 is 5.56 Å². The molecule has 0 amide bonds. The third kappa shape index (κ3) is 1.93. The van der Waals surface area contributed by atoms with E-state index in [-0.39, 0.29) is 0 Å². The molecule has 0 saturated heterocycles. The van der Waals surface area contributed by atoms with Crippen LogP contribution in [0.1, 0.15) is 6.92 Å². The normalized spacial score (nSPS) is 13.0. The first-order chi connectivity index (χ1) is 4.70. The van der Waals surface area contributed by atoms with Gasteiger partial charge in [-0.25, -0.2) is 0 Å². The standard InChI is InChI=1S/C4H5ClN2OS2/c1-2(5)8-3-4(9)7-10-6-3/h2H,1H3,(H,7,9). The molecule has 0 bridgehead atoms. The van der Waals surface area contributed by atoms with Gasteiger partial charge < -0.3 is 4.74 Å². The van der Waals surface area contributed by atoms with Crippen molar-refractivity contribution in [3.8, 4) is 5.88 Å². The Kier molecular flexibility index (Phi) is 2.64. The fourth-order valence-corrected chi connectivity index (χ4v) is 1.20. The third-order valence-electron chi connectivity index (χ3n) is 0.735. The molecule has 10 heavy (non-hydrogen) atoms. The molecule has 1 aromatic rings. The number of nitrogens with zero attached hydrogens (tertiary/aromatic N) is 1. The minimum absolute atomic E-state index is 0.391. The highest BCUT2D eigenvalue weighted by Crippen LogP contribution is 2.12. The van der Waals surface area contributed by atoms with Crippen LogP contribution in [0.5, 0.6) is 5.88 Å². The molecule has 0 fully saturated rings. The van der Waals surface area contributed by atoms with Gasteiger partial charge in [-0.1, -0.05) is 23.8 Å². The molecule has 0 aliphatic rings. The topological polar surface area (TPSA) is 37.9 Å². The van der Waals surface area contributed by atoms with Crippen LogP contribution < -0.4 is 4.74 Å². The van der Waals surface area contributed by atoms with E-state index in [0.717, 1.165) is 11.7 Å². The fraction of sp³-hybridized carbons (Fsp3) is 0.500. The van der Waals surface area contributed by atoms with E-state index in [0.29, 0.717) is 10.5 Å². The average molecular weight is 197 g/mol. The van der Waals surface area contributed by atoms with Gasteiger partial charge in [0.05, 0.1) is 0 Å². The van der Waals surface area contributed by atoms with Crippen LogP contribution in [0.3, 0.4) is 0 Å². The van der Waals surface area contributed by atoms with Crippen molar-refractivity contribution in [2.75, 3.05) is 0 Å². The monoisotopic (exact) mass is 196 g/mol. The Labute approximate surface area is 72.3 Å². The van der Waals surface area contributed by atoms with Gasteiger partial charge in [-0.05, 0) is 6.92 Å². The molecule has 0 radical (unpaired) electrons. The smallest absolute Gasteiger partial charge is 0.263 e. The zero-order valence-electron chi connectivity index (χ0n) is 5.13. The largest absolute Gasteiger partial charge is 0.456 e. The quantitative estimate of drug-likeness (QED) is 0.582. The number of H-pyrrole nitrogens is 1. The van der Waals surface area contributed by atoms with Crippen molar-refractivity contribution in [2.24, 2.45) is 0 Å². The molecular formula is C4H5ClN2OS2. The lowest BCUT2D eigenvalue weighted by atomic mass is 10.8. The predicted molar refractivity (Wildman–Crippen MR) is 43.2 cm³/mol. The Bertz CT molecular complexity index is 256. The summed E-state index contributed by atoms with van der Waals surface area (Å²) >= 11 is 11.5. The first-order valence-electron chi connectivity index (χ1n) is 2.55. The molecule has 1 N–H and O–H groups in total. The van der Waals surface area contributed by atoms with E-state index in [4.69, 9.17) is 28.6 Å². The highest BCUT2D eigenvalue weighted by molar-refractivity contribution is 7.71. The molecule has 6 heteroatoms. The SMILES string of the molecule is CC(Cl)Oc1ns[nH]c1=S. The maximum absolute atomic E-state index is 5.52. The summed E-state index contributed by atoms with van der Waals surface area (Å²) in [6.45, 7) is 1.70. The number of halogens is 1. The maximum Gasteiger partial charge on any atom is 0.263 e. The van der Waals surface area contributed by atoms with E-state index in [1.807, 2.05) is 0 Å². The van der Waals surface area contributed by atoms with Gasteiger partial charge in [0, 0.05) is 11.7 Å². The predicted octanol–water partition coefficient (Wildman–Crippen LogP) is 2.16. The van der Waals surface area contributed by atoms with Crippen molar-refractivity contribution in [3.63, 3.8) is 0 Å². The van der Waals surface area contributed by atoms with Crippen molar-refractivity contribution in [1.82, 2.24) is 8.75 Å². The summed E-state index contributed by atoms with van der Waals surface area (Å²) in [5, 5.41) is 0. The van der Waals surface area contributed by atoms with E-state index in [1.165, 1.54) is 0 Å². The van der Waals surface area contributed by atoms with Crippen molar-refractivity contribution in [3.05, 3.63) is 4.64 Å². The average Bonchev–Trinajstić information content (AvgIpc) is 2.15. The molecule has 1 heterocycles. The number of rotatable bonds is 2. The number of aromatic amines is 1. The minimum Gasteiger partial charge on any atom is -0.456 e. The van der Waals surface area contributed by atoms with Crippen molar-refractivity contribution < 1.29 is 4.74 Å². The van der Waals surface area contributed by atoms with Gasteiger partial charge in [-0.2, -0.15) is 0 Å². The maximum atomic E-state index is 5.52. The van der Waals surface area contributed by atoms with Crippen molar-refractivity contribution in [1.29, 1.82) is 0 Å². The van der Waals surface area contributed by atoms with Gasteiger partial charge in [-0.15, -0.1) is 4.37 Å². The van der Waals surface area contributed by atoms with Crippen LogP contribution in [0, 0.1) is 4.64 Å². The molecule has 0 aromatic carbocycles. The van der Waals surface area contributed by atoms with Gasteiger partial charge in [0.15, 0.2) is 10.2 Å². The summed E-state index contributed by atoms with van der Waals surface area (Å²) < 4.78 is 12.1. The van der Waals surface area contributed by atoms with E-state index >= 15 is 0 Å². The van der Waals surface area contributed by atoms with E-state index in [1.54, 1.807) is 6.92 Å². The Morgan fingerprint density at radius 3 is 3.00 bits per heavy atom. The zero-order valence-corrected chi connectivity index (χ0v) is 7.52. The summed E-state index contributed by atoms with van der Waals surface area (Å²) in [5.74, 6) is 0.405. The van der Waals surface area contributed by atoms with Gasteiger partial charge >= 0.3 is 0 Å². The molecule has 1 rings (SSSR count). The molecule has 1 unspecified atom stereocenters. The molecule has 0 aliphatic carbocycles. The lowest BCUT2D eigenvalue weighted by molar-refractivity contribution is 0.290. The Morgan fingerprint density at radius 2 is 2.60 bits per heavy atom. The molecule has 0 aliphatic heterocycles. The lowest BCUT2D eigenvalue weighted by Gasteiger charge is -2.00. The number of nitrogens with one attached hydrogen (secondary N) is 1. The van der Waals surface area contributed by atoms with Gasteiger partial charge in [0.1, 0.15) is 0 Å². The summed E-state index contributed by atoms with van der Waals surface area (Å²) in [6, 6.07) is 0. The summed E-state index contributed by atoms with van der Waals surface area (Å²) in [6.07, 6.45) is 0. The van der Waals surface area contributed by atoms with Crippen LogP contribution in [0.2, 0.25) is 0 Å². The van der Waals surface area contributed by atoms with Crippen LogP contribution in [0.15, 0.2) is 0 Å². The van der Waals surface area contributed by atoms with Crippen LogP contribution in [0.4, 0.5) is 0 Å². The summed E-state index contributed by atoms with van der Waals surface area (Å²) in [5.41, 5.74) is -0.391. The fourth-order valence-electron chi connectivity index (χ4n) is 0.420. The highest BCUT2D eigenvalue weighted by Gasteiger charge is 2.02. The molecule has 56 valence electrons. The van der Waals surface area contributed by atoms with Crippen LogP contribution >= 0.6 is 35.5 Å². The second-order valence-electron chi connectivity index (χ2n) is 1.58. The van der Waals surface area contributed by atoms with Gasteiger partial charge in [-0.3, -0.25) is 4.37 Å². The van der Waals surface area contributed by atoms with E-state index in [9.17, 15) is 0 Å². The number of ether oxygens (including phenoxy) is 1. The van der Waals surface area contributed by atoms with Crippen LogP contribution in [0.25, 0.3) is 0 Å².